The Morgan fingerprint density at radius 1 is 1.04 bits per heavy atom. The fourth-order valence-electron chi connectivity index (χ4n) is 3.66. The number of sulfonamides is 1. The summed E-state index contributed by atoms with van der Waals surface area (Å²) < 4.78 is 47.7. The maximum absolute atomic E-state index is 13.4. The van der Waals surface area contributed by atoms with Gasteiger partial charge < -0.3 is 15.0 Å². The van der Waals surface area contributed by atoms with Crippen molar-refractivity contribution < 1.29 is 17.5 Å². The van der Waals surface area contributed by atoms with Gasteiger partial charge in [0.05, 0.1) is 22.8 Å². The van der Waals surface area contributed by atoms with E-state index in [-0.39, 0.29) is 11.4 Å². The molecule has 2 aliphatic rings. The number of ether oxygens (including phenoxy) is 1. The Morgan fingerprint density at radius 2 is 1.68 bits per heavy atom. The zero-order valence-electron chi connectivity index (χ0n) is 16.0. The molecule has 0 radical (unpaired) electrons. The summed E-state index contributed by atoms with van der Waals surface area (Å²) >= 11 is 0. The SMILES string of the molecule is CC1(C)CN(S(=O)(=O)c2ccc(F)cc2)c2cccc(N3CCNCC3)c2O1. The molecule has 0 unspecified atom stereocenters. The van der Waals surface area contributed by atoms with Gasteiger partial charge in [-0.25, -0.2) is 12.8 Å². The number of hydrogen-bond donors (Lipinski definition) is 1. The van der Waals surface area contributed by atoms with E-state index in [0.29, 0.717) is 11.4 Å². The summed E-state index contributed by atoms with van der Waals surface area (Å²) in [6.45, 7) is 7.30. The first kappa shape index (κ1) is 19.0. The summed E-state index contributed by atoms with van der Waals surface area (Å²) in [4.78, 5) is 2.27. The van der Waals surface area contributed by atoms with Crippen molar-refractivity contribution in [2.75, 3.05) is 41.9 Å². The standard InChI is InChI=1S/C20H24FN3O3S/c1-20(2)14-24(28(25,26)16-8-6-15(21)7-9-16)18-5-3-4-17(19(18)27-20)23-12-10-22-11-13-23/h3-9,22H,10-14H2,1-2H3. The molecule has 4 rings (SSSR count). The molecular formula is C20H24FN3O3S. The van der Waals surface area contributed by atoms with E-state index in [1.807, 2.05) is 26.0 Å². The number of piperazine rings is 1. The molecule has 8 heteroatoms. The molecule has 28 heavy (non-hydrogen) atoms. The van der Waals surface area contributed by atoms with Crippen LogP contribution in [0.2, 0.25) is 0 Å². The fourth-order valence-corrected chi connectivity index (χ4v) is 5.27. The molecule has 1 saturated heterocycles. The average molecular weight is 405 g/mol. The number of fused-ring (bicyclic) bond motifs is 1. The second-order valence-corrected chi connectivity index (χ2v) is 9.55. The number of halogens is 1. The van der Waals surface area contributed by atoms with Crippen molar-refractivity contribution in [2.45, 2.75) is 24.3 Å². The molecule has 1 fully saturated rings. The molecule has 0 atom stereocenters. The molecule has 0 bridgehead atoms. The van der Waals surface area contributed by atoms with E-state index in [4.69, 9.17) is 4.74 Å². The first-order valence-electron chi connectivity index (χ1n) is 9.34. The molecule has 1 N–H and O–H groups in total. The van der Waals surface area contributed by atoms with Crippen LogP contribution in [0, 0.1) is 5.82 Å². The number of hydrogen-bond acceptors (Lipinski definition) is 5. The van der Waals surface area contributed by atoms with Gasteiger partial charge >= 0.3 is 0 Å². The maximum Gasteiger partial charge on any atom is 0.264 e. The monoisotopic (exact) mass is 405 g/mol. The van der Waals surface area contributed by atoms with Crippen molar-refractivity contribution in [3.8, 4) is 5.75 Å². The topological polar surface area (TPSA) is 61.9 Å². The summed E-state index contributed by atoms with van der Waals surface area (Å²) in [6.07, 6.45) is 0. The quantitative estimate of drug-likeness (QED) is 0.851. The fraction of sp³-hybridized carbons (Fsp3) is 0.400. The van der Waals surface area contributed by atoms with Crippen molar-refractivity contribution in [1.29, 1.82) is 0 Å². The van der Waals surface area contributed by atoms with Crippen LogP contribution in [0.4, 0.5) is 15.8 Å². The molecule has 2 heterocycles. The summed E-state index contributed by atoms with van der Waals surface area (Å²) in [5.41, 5.74) is 0.704. The van der Waals surface area contributed by atoms with Crippen molar-refractivity contribution in [1.82, 2.24) is 5.32 Å². The number of anilines is 2. The van der Waals surface area contributed by atoms with Gasteiger partial charge in [0.1, 0.15) is 11.4 Å². The van der Waals surface area contributed by atoms with E-state index in [9.17, 15) is 12.8 Å². The van der Waals surface area contributed by atoms with Crippen LogP contribution >= 0.6 is 0 Å². The average Bonchev–Trinajstić information content (AvgIpc) is 2.67. The molecule has 0 saturated carbocycles. The van der Waals surface area contributed by atoms with Crippen molar-refractivity contribution >= 4 is 21.4 Å². The van der Waals surface area contributed by atoms with Crippen LogP contribution in [0.5, 0.6) is 5.75 Å². The highest BCUT2D eigenvalue weighted by Gasteiger charge is 2.40. The largest absolute Gasteiger partial charge is 0.482 e. The second-order valence-electron chi connectivity index (χ2n) is 7.69. The number of rotatable bonds is 3. The van der Waals surface area contributed by atoms with Crippen LogP contribution in [0.3, 0.4) is 0 Å². The molecule has 0 amide bonds. The lowest BCUT2D eigenvalue weighted by Crippen LogP contribution is -2.50. The van der Waals surface area contributed by atoms with Gasteiger partial charge in [0.15, 0.2) is 5.75 Å². The number of nitrogens with one attached hydrogen (secondary N) is 1. The highest BCUT2D eigenvalue weighted by molar-refractivity contribution is 7.92. The van der Waals surface area contributed by atoms with E-state index >= 15 is 0 Å². The molecule has 2 aromatic carbocycles. The van der Waals surface area contributed by atoms with Crippen molar-refractivity contribution in [3.05, 3.63) is 48.3 Å². The van der Waals surface area contributed by atoms with Gasteiger partial charge in [0.25, 0.3) is 10.0 Å². The minimum atomic E-state index is -3.85. The Hall–Kier alpha value is -2.32. The van der Waals surface area contributed by atoms with E-state index in [1.165, 1.54) is 16.4 Å². The number of nitrogens with zero attached hydrogens (tertiary/aromatic N) is 2. The van der Waals surface area contributed by atoms with E-state index in [0.717, 1.165) is 44.0 Å². The van der Waals surface area contributed by atoms with Crippen LogP contribution in [0.1, 0.15) is 13.8 Å². The molecule has 0 aromatic heterocycles. The molecule has 2 aromatic rings. The van der Waals surface area contributed by atoms with Crippen molar-refractivity contribution in [2.24, 2.45) is 0 Å². The highest BCUT2D eigenvalue weighted by Crippen LogP contribution is 2.45. The molecule has 150 valence electrons. The summed E-state index contributed by atoms with van der Waals surface area (Å²) in [7, 11) is -3.85. The molecule has 0 spiro atoms. The second kappa shape index (κ2) is 6.93. The normalized spacial score (nSPS) is 19.1. The smallest absolute Gasteiger partial charge is 0.264 e. The van der Waals surface area contributed by atoms with Crippen LogP contribution in [0.25, 0.3) is 0 Å². The minimum absolute atomic E-state index is 0.0603. The first-order chi connectivity index (χ1) is 13.3. The van der Waals surface area contributed by atoms with Crippen LogP contribution in [0.15, 0.2) is 47.4 Å². The third kappa shape index (κ3) is 3.42. The van der Waals surface area contributed by atoms with Gasteiger partial charge in [-0.1, -0.05) is 6.07 Å². The molecular weight excluding hydrogens is 381 g/mol. The molecule has 6 nitrogen and oxygen atoms in total. The maximum atomic E-state index is 13.4. The van der Waals surface area contributed by atoms with Gasteiger partial charge in [-0.3, -0.25) is 4.31 Å². The van der Waals surface area contributed by atoms with Crippen molar-refractivity contribution in [3.63, 3.8) is 0 Å². The van der Waals surface area contributed by atoms with Gasteiger partial charge in [-0.2, -0.15) is 0 Å². The Bertz CT molecular complexity index is 971. The lowest BCUT2D eigenvalue weighted by atomic mass is 10.1. The zero-order valence-corrected chi connectivity index (χ0v) is 16.8. The van der Waals surface area contributed by atoms with Crippen LogP contribution in [-0.2, 0) is 10.0 Å². The summed E-state index contributed by atoms with van der Waals surface area (Å²) in [6, 6.07) is 10.5. The third-order valence-electron chi connectivity index (χ3n) is 5.00. The Morgan fingerprint density at radius 3 is 2.36 bits per heavy atom. The predicted molar refractivity (Wildman–Crippen MR) is 107 cm³/mol. The lowest BCUT2D eigenvalue weighted by Gasteiger charge is -2.42. The summed E-state index contributed by atoms with van der Waals surface area (Å²) in [5.74, 6) is 0.106. The van der Waals surface area contributed by atoms with E-state index in [1.54, 1.807) is 6.07 Å². The molecule has 2 aliphatic heterocycles. The van der Waals surface area contributed by atoms with E-state index in [2.05, 4.69) is 10.2 Å². The van der Waals surface area contributed by atoms with Crippen LogP contribution < -0.4 is 19.3 Å². The summed E-state index contributed by atoms with van der Waals surface area (Å²) in [5, 5.41) is 3.32. The Kier molecular flexibility index (Phi) is 4.71. The Balaban J connectivity index is 1.82. The predicted octanol–water partition coefficient (Wildman–Crippen LogP) is 2.60. The van der Waals surface area contributed by atoms with Gasteiger partial charge in [0, 0.05) is 26.2 Å². The zero-order chi connectivity index (χ0) is 19.9. The van der Waals surface area contributed by atoms with Gasteiger partial charge in [-0.05, 0) is 50.2 Å². The van der Waals surface area contributed by atoms with Crippen LogP contribution in [-0.4, -0.2) is 46.7 Å². The highest BCUT2D eigenvalue weighted by atomic mass is 32.2. The number of para-hydroxylation sites is 1. The third-order valence-corrected chi connectivity index (χ3v) is 6.78. The lowest BCUT2D eigenvalue weighted by molar-refractivity contribution is 0.111. The molecule has 0 aliphatic carbocycles. The minimum Gasteiger partial charge on any atom is -0.482 e. The van der Waals surface area contributed by atoms with Gasteiger partial charge in [0.2, 0.25) is 0 Å². The number of benzene rings is 2. The first-order valence-corrected chi connectivity index (χ1v) is 10.8. The van der Waals surface area contributed by atoms with E-state index < -0.39 is 21.4 Å². The Labute approximate surface area is 165 Å². The van der Waals surface area contributed by atoms with Gasteiger partial charge in [-0.15, -0.1) is 0 Å².